The number of benzene rings is 1. The summed E-state index contributed by atoms with van der Waals surface area (Å²) in [4.78, 5) is 0.432. The topological polar surface area (TPSA) is 68.3 Å². The highest BCUT2D eigenvalue weighted by Crippen LogP contribution is 2.35. The summed E-state index contributed by atoms with van der Waals surface area (Å²) in [7, 11) is -1.63. The monoisotopic (exact) mass is 371 g/mol. The molecule has 0 radical (unpaired) electrons. The number of nitrogens with two attached hydrogens (primary N) is 1. The number of para-hydroxylation sites is 1. The number of aryl methyl sites for hydroxylation is 1. The highest BCUT2D eigenvalue weighted by molar-refractivity contribution is 7.89. The van der Waals surface area contributed by atoms with Gasteiger partial charge in [0.2, 0.25) is 10.0 Å². The lowest BCUT2D eigenvalue weighted by molar-refractivity contribution is 0.155. The normalized spacial score (nSPS) is 21.6. The molecule has 1 atom stereocenters. The minimum atomic E-state index is -3.54. The molecule has 1 aliphatic heterocycles. The molecular weight excluding hydrogens is 346 g/mol. The quantitative estimate of drug-likeness (QED) is 0.882. The zero-order valence-electron chi connectivity index (χ0n) is 14.6. The Labute approximate surface area is 150 Å². The first-order chi connectivity index (χ1) is 10.7. The molecule has 1 aliphatic rings. The number of rotatable bonds is 2. The van der Waals surface area contributed by atoms with Crippen LogP contribution in [0.5, 0.6) is 0 Å². The third kappa shape index (κ3) is 2.86. The summed E-state index contributed by atoms with van der Waals surface area (Å²) in [5.41, 5.74) is 7.66. The largest absolute Gasteiger partial charge is 0.347 e. The summed E-state index contributed by atoms with van der Waals surface area (Å²) >= 11 is 0. The van der Waals surface area contributed by atoms with Crippen molar-refractivity contribution in [3.8, 4) is 0 Å². The number of sulfonamides is 1. The van der Waals surface area contributed by atoms with Crippen LogP contribution >= 0.6 is 12.4 Å². The summed E-state index contributed by atoms with van der Waals surface area (Å²) in [6.07, 6.45) is 0.691. The molecule has 0 amide bonds. The van der Waals surface area contributed by atoms with Crippen LogP contribution in [0.2, 0.25) is 0 Å². The van der Waals surface area contributed by atoms with E-state index < -0.39 is 10.0 Å². The van der Waals surface area contributed by atoms with Gasteiger partial charge in [0.15, 0.2) is 0 Å². The van der Waals surface area contributed by atoms with Gasteiger partial charge in [-0.3, -0.25) is 0 Å². The predicted octanol–water partition coefficient (Wildman–Crippen LogP) is 2.66. The van der Waals surface area contributed by atoms with Crippen molar-refractivity contribution in [2.24, 2.45) is 18.2 Å². The van der Waals surface area contributed by atoms with Gasteiger partial charge in [-0.1, -0.05) is 32.0 Å². The Morgan fingerprint density at radius 2 is 1.88 bits per heavy atom. The molecular formula is C17H26ClN3O2S. The van der Waals surface area contributed by atoms with Crippen LogP contribution in [-0.2, 0) is 17.1 Å². The number of aromatic nitrogens is 1. The van der Waals surface area contributed by atoms with E-state index in [4.69, 9.17) is 5.73 Å². The van der Waals surface area contributed by atoms with Gasteiger partial charge in [-0.15, -0.1) is 12.4 Å². The predicted molar refractivity (Wildman–Crippen MR) is 100 cm³/mol. The number of fused-ring (bicyclic) bond motifs is 1. The molecule has 1 saturated heterocycles. The van der Waals surface area contributed by atoms with Gasteiger partial charge in [-0.05, 0) is 24.8 Å². The first-order valence-corrected chi connectivity index (χ1v) is 9.40. The number of nitrogens with zero attached hydrogens (tertiary/aromatic N) is 2. The van der Waals surface area contributed by atoms with Crippen molar-refractivity contribution < 1.29 is 8.42 Å². The van der Waals surface area contributed by atoms with Crippen LogP contribution in [0.25, 0.3) is 10.9 Å². The molecule has 2 aromatic rings. The van der Waals surface area contributed by atoms with Gasteiger partial charge in [0.1, 0.15) is 4.90 Å². The third-order valence-electron chi connectivity index (χ3n) is 5.22. The van der Waals surface area contributed by atoms with Crippen molar-refractivity contribution in [2.45, 2.75) is 38.1 Å². The number of hydrogen-bond acceptors (Lipinski definition) is 3. The van der Waals surface area contributed by atoms with E-state index in [1.807, 2.05) is 56.7 Å². The number of halogens is 1. The van der Waals surface area contributed by atoms with Crippen LogP contribution in [0.4, 0.5) is 0 Å². The molecule has 134 valence electrons. The molecule has 1 fully saturated rings. The lowest BCUT2D eigenvalue weighted by atomic mass is 9.81. The molecule has 0 spiro atoms. The van der Waals surface area contributed by atoms with E-state index in [2.05, 4.69) is 0 Å². The number of piperidine rings is 1. The first-order valence-electron chi connectivity index (χ1n) is 7.96. The average molecular weight is 372 g/mol. The Kier molecular flexibility index (Phi) is 5.08. The Morgan fingerprint density at radius 1 is 1.25 bits per heavy atom. The van der Waals surface area contributed by atoms with E-state index in [0.29, 0.717) is 24.4 Å². The fraction of sp³-hybridized carbons (Fsp3) is 0.529. The summed E-state index contributed by atoms with van der Waals surface area (Å²) in [5, 5.41) is 0.792. The second-order valence-electron chi connectivity index (χ2n) is 7.21. The Bertz CT molecular complexity index is 858. The standard InChI is InChI=1S/C17H25N3O2S.ClH/c1-12-16(13-7-5-6-8-14(13)19(12)4)23(21,22)20-10-9-15(18)17(2,3)11-20;/h5-8,15H,9-11,18H2,1-4H3;1H. The highest BCUT2D eigenvalue weighted by atomic mass is 35.5. The Hall–Kier alpha value is -1.08. The van der Waals surface area contributed by atoms with E-state index in [1.54, 1.807) is 4.31 Å². The lowest BCUT2D eigenvalue weighted by Gasteiger charge is -2.41. The van der Waals surface area contributed by atoms with Crippen LogP contribution in [0.1, 0.15) is 26.0 Å². The second kappa shape index (κ2) is 6.33. The lowest BCUT2D eigenvalue weighted by Crippen LogP contribution is -2.53. The van der Waals surface area contributed by atoms with Gasteiger partial charge >= 0.3 is 0 Å². The zero-order chi connectivity index (χ0) is 17.0. The van der Waals surface area contributed by atoms with Gasteiger partial charge in [0.25, 0.3) is 0 Å². The minimum absolute atomic E-state index is 0. The van der Waals surface area contributed by atoms with E-state index >= 15 is 0 Å². The second-order valence-corrected chi connectivity index (χ2v) is 9.09. The smallest absolute Gasteiger partial charge is 0.245 e. The summed E-state index contributed by atoms with van der Waals surface area (Å²) in [5.74, 6) is 0. The van der Waals surface area contributed by atoms with Crippen LogP contribution in [0.15, 0.2) is 29.2 Å². The molecule has 24 heavy (non-hydrogen) atoms. The molecule has 2 heterocycles. The first kappa shape index (κ1) is 19.2. The highest BCUT2D eigenvalue weighted by Gasteiger charge is 2.40. The van der Waals surface area contributed by atoms with Crippen molar-refractivity contribution in [2.75, 3.05) is 13.1 Å². The van der Waals surface area contributed by atoms with Crippen molar-refractivity contribution >= 4 is 33.3 Å². The average Bonchev–Trinajstić information content (AvgIpc) is 2.74. The maximum absolute atomic E-state index is 13.3. The molecule has 1 unspecified atom stereocenters. The van der Waals surface area contributed by atoms with Crippen molar-refractivity contribution in [1.29, 1.82) is 0 Å². The Morgan fingerprint density at radius 3 is 2.50 bits per heavy atom. The molecule has 0 bridgehead atoms. The fourth-order valence-electron chi connectivity index (χ4n) is 3.47. The summed E-state index contributed by atoms with van der Waals surface area (Å²) < 4.78 is 30.2. The molecule has 0 aliphatic carbocycles. The van der Waals surface area contributed by atoms with Crippen LogP contribution < -0.4 is 5.73 Å². The molecule has 3 rings (SSSR count). The summed E-state index contributed by atoms with van der Waals surface area (Å²) in [6.45, 7) is 6.88. The minimum Gasteiger partial charge on any atom is -0.347 e. The molecule has 0 saturated carbocycles. The van der Waals surface area contributed by atoms with Gasteiger partial charge in [0.05, 0.1) is 0 Å². The van der Waals surface area contributed by atoms with Crippen molar-refractivity contribution in [1.82, 2.24) is 8.87 Å². The third-order valence-corrected chi connectivity index (χ3v) is 7.24. The Balaban J connectivity index is 0.00000208. The molecule has 1 aromatic heterocycles. The zero-order valence-corrected chi connectivity index (χ0v) is 16.2. The van der Waals surface area contributed by atoms with Crippen LogP contribution in [0, 0.1) is 12.3 Å². The SMILES string of the molecule is Cc1c(S(=O)(=O)N2CCC(N)C(C)(C)C2)c2ccccc2n1C.Cl. The summed E-state index contributed by atoms with van der Waals surface area (Å²) in [6, 6.07) is 7.69. The van der Waals surface area contributed by atoms with Crippen LogP contribution in [-0.4, -0.2) is 36.4 Å². The van der Waals surface area contributed by atoms with E-state index in [1.165, 1.54) is 0 Å². The van der Waals surface area contributed by atoms with Gasteiger partial charge in [0, 0.05) is 42.8 Å². The fourth-order valence-corrected chi connectivity index (χ4v) is 5.54. The maximum atomic E-state index is 13.3. The van der Waals surface area contributed by atoms with E-state index in [9.17, 15) is 8.42 Å². The molecule has 1 aromatic carbocycles. The van der Waals surface area contributed by atoms with Gasteiger partial charge in [-0.2, -0.15) is 4.31 Å². The van der Waals surface area contributed by atoms with Crippen LogP contribution in [0.3, 0.4) is 0 Å². The number of hydrogen-bond donors (Lipinski definition) is 1. The van der Waals surface area contributed by atoms with Gasteiger partial charge < -0.3 is 10.3 Å². The molecule has 2 N–H and O–H groups in total. The van der Waals surface area contributed by atoms with Crippen molar-refractivity contribution in [3.05, 3.63) is 30.0 Å². The van der Waals surface area contributed by atoms with Crippen molar-refractivity contribution in [3.63, 3.8) is 0 Å². The molecule has 7 heteroatoms. The van der Waals surface area contributed by atoms with Gasteiger partial charge in [-0.25, -0.2) is 8.42 Å². The maximum Gasteiger partial charge on any atom is 0.245 e. The molecule has 5 nitrogen and oxygen atoms in total. The van der Waals surface area contributed by atoms with E-state index in [-0.39, 0.29) is 23.9 Å². The van der Waals surface area contributed by atoms with E-state index in [0.717, 1.165) is 16.6 Å².